The van der Waals surface area contributed by atoms with Gasteiger partial charge in [0.25, 0.3) is 0 Å². The predicted molar refractivity (Wildman–Crippen MR) is 148 cm³/mol. The molecule has 10 atom stereocenters. The van der Waals surface area contributed by atoms with Crippen LogP contribution in [0.25, 0.3) is 0 Å². The van der Waals surface area contributed by atoms with Crippen molar-refractivity contribution in [1.29, 1.82) is 0 Å². The van der Waals surface area contributed by atoms with Crippen LogP contribution in [0.3, 0.4) is 0 Å². The van der Waals surface area contributed by atoms with E-state index in [-0.39, 0.29) is 0 Å². The van der Waals surface area contributed by atoms with E-state index in [1.54, 1.807) is 19.3 Å². The Labute approximate surface area is 214 Å². The van der Waals surface area contributed by atoms with Gasteiger partial charge in [0.05, 0.1) is 0 Å². The lowest BCUT2D eigenvalue weighted by Crippen LogP contribution is -2.65. The smallest absolute Gasteiger partial charge is 0.0235 e. The van der Waals surface area contributed by atoms with E-state index >= 15 is 0 Å². The van der Waals surface area contributed by atoms with Gasteiger partial charge in [-0.2, -0.15) is 0 Å². The van der Waals surface area contributed by atoms with Gasteiger partial charge in [0.1, 0.15) is 0 Å². The molecule has 0 bridgehead atoms. The Morgan fingerprint density at radius 3 is 1.97 bits per heavy atom. The highest BCUT2D eigenvalue weighted by Gasteiger charge is 2.70. The maximum absolute atomic E-state index is 2.83. The maximum atomic E-state index is 2.83. The SMILES string of the molecule is CCCCCC(C)[C@@H]1CC[C@@]2(C)C1CCC1(C)C2CCC2C3(C)CCCC(C)(C)C3CCC21C. The molecule has 0 radical (unpaired) electrons. The number of unbranched alkanes of at least 4 members (excludes halogenated alkanes) is 2. The van der Waals surface area contributed by atoms with E-state index in [1.165, 1.54) is 77.0 Å². The van der Waals surface area contributed by atoms with E-state index in [2.05, 4.69) is 55.4 Å². The third-order valence-electron chi connectivity index (χ3n) is 14.8. The fourth-order valence-corrected chi connectivity index (χ4v) is 12.9. The van der Waals surface area contributed by atoms with Crippen LogP contribution in [0, 0.1) is 62.6 Å². The highest BCUT2D eigenvalue weighted by molar-refractivity contribution is 5.19. The molecule has 5 aliphatic carbocycles. The number of fused-ring (bicyclic) bond motifs is 7. The molecule has 0 saturated heterocycles. The van der Waals surface area contributed by atoms with Gasteiger partial charge < -0.3 is 0 Å². The van der Waals surface area contributed by atoms with Crippen LogP contribution in [0.4, 0.5) is 0 Å². The third-order valence-corrected chi connectivity index (χ3v) is 14.8. The van der Waals surface area contributed by atoms with Gasteiger partial charge in [0, 0.05) is 0 Å². The standard InChI is InChI=1S/C34H60/c1-9-10-11-13-24(2)25-16-21-31(5)26(25)17-22-33(7)28(31)14-15-29-32(6)20-12-19-30(3,4)27(32)18-23-34(29,33)8/h24-29H,9-23H2,1-8H3/t24?,25-,26?,27?,28?,29?,31-,32?,33?,34?/m0/s1. The molecule has 0 amide bonds. The van der Waals surface area contributed by atoms with E-state index in [4.69, 9.17) is 0 Å². The second-order valence-electron chi connectivity index (χ2n) is 16.3. The average Bonchev–Trinajstić information content (AvgIpc) is 3.11. The zero-order chi connectivity index (χ0) is 24.6. The largest absolute Gasteiger partial charge is 0.0654 e. The quantitative estimate of drug-likeness (QED) is 0.352. The fraction of sp³-hybridized carbons (Fsp3) is 1.00. The van der Waals surface area contributed by atoms with Crippen molar-refractivity contribution >= 4 is 0 Å². The Morgan fingerprint density at radius 1 is 0.647 bits per heavy atom. The first-order valence-corrected chi connectivity index (χ1v) is 15.9. The van der Waals surface area contributed by atoms with E-state index in [1.807, 2.05) is 0 Å². The van der Waals surface area contributed by atoms with Gasteiger partial charge in [0.15, 0.2) is 0 Å². The molecule has 0 aromatic rings. The zero-order valence-corrected chi connectivity index (χ0v) is 24.6. The molecule has 0 aliphatic heterocycles. The first kappa shape index (κ1) is 25.6. The summed E-state index contributed by atoms with van der Waals surface area (Å²) in [6, 6.07) is 0. The molecule has 0 heteroatoms. The monoisotopic (exact) mass is 468 g/mol. The van der Waals surface area contributed by atoms with Gasteiger partial charge in [-0.1, -0.05) is 87.5 Å². The summed E-state index contributed by atoms with van der Waals surface area (Å²) in [6.45, 7) is 21.5. The molecule has 5 fully saturated rings. The lowest BCUT2D eigenvalue weighted by atomic mass is 9.32. The second-order valence-corrected chi connectivity index (χ2v) is 16.3. The summed E-state index contributed by atoms with van der Waals surface area (Å²) >= 11 is 0. The van der Waals surface area contributed by atoms with Crippen LogP contribution in [-0.4, -0.2) is 0 Å². The van der Waals surface area contributed by atoms with E-state index in [0.717, 1.165) is 35.5 Å². The summed E-state index contributed by atoms with van der Waals surface area (Å²) in [5.74, 6) is 5.88. The summed E-state index contributed by atoms with van der Waals surface area (Å²) < 4.78 is 0. The highest BCUT2D eigenvalue weighted by Crippen LogP contribution is 2.78. The predicted octanol–water partition coefficient (Wildman–Crippen LogP) is 10.7. The molecule has 0 nitrogen and oxygen atoms in total. The lowest BCUT2D eigenvalue weighted by Gasteiger charge is -2.73. The summed E-state index contributed by atoms with van der Waals surface area (Å²) in [4.78, 5) is 0. The first-order chi connectivity index (χ1) is 15.9. The van der Waals surface area contributed by atoms with Crippen LogP contribution < -0.4 is 0 Å². The van der Waals surface area contributed by atoms with Crippen molar-refractivity contribution in [2.24, 2.45) is 62.6 Å². The van der Waals surface area contributed by atoms with E-state index < -0.39 is 0 Å². The molecule has 196 valence electrons. The summed E-state index contributed by atoms with van der Waals surface area (Å²) in [6.07, 6.45) is 22.5. The molecule has 5 aliphatic rings. The second kappa shape index (κ2) is 8.51. The van der Waals surface area contributed by atoms with Crippen molar-refractivity contribution in [2.75, 3.05) is 0 Å². The molecule has 0 aromatic carbocycles. The Bertz CT molecular complexity index is 749. The lowest BCUT2D eigenvalue weighted by molar-refractivity contribution is -0.241. The maximum Gasteiger partial charge on any atom is -0.0235 e. The topological polar surface area (TPSA) is 0 Å². The number of hydrogen-bond acceptors (Lipinski definition) is 0. The van der Waals surface area contributed by atoms with Crippen molar-refractivity contribution in [3.8, 4) is 0 Å². The summed E-state index contributed by atoms with van der Waals surface area (Å²) in [5.41, 5.74) is 2.90. The molecule has 5 rings (SSSR count). The Balaban J connectivity index is 1.41. The Hall–Kier alpha value is 0. The molecule has 8 unspecified atom stereocenters. The van der Waals surface area contributed by atoms with Gasteiger partial charge in [-0.15, -0.1) is 0 Å². The van der Waals surface area contributed by atoms with Crippen molar-refractivity contribution in [3.05, 3.63) is 0 Å². The van der Waals surface area contributed by atoms with Gasteiger partial charge in [-0.3, -0.25) is 0 Å². The highest BCUT2D eigenvalue weighted by atomic mass is 14.7. The van der Waals surface area contributed by atoms with Gasteiger partial charge in [0.2, 0.25) is 0 Å². The molecule has 0 aromatic heterocycles. The van der Waals surface area contributed by atoms with Crippen LogP contribution in [-0.2, 0) is 0 Å². The summed E-state index contributed by atoms with van der Waals surface area (Å²) in [5, 5.41) is 0. The molecule has 34 heavy (non-hydrogen) atoms. The first-order valence-electron chi connectivity index (χ1n) is 15.9. The number of hydrogen-bond donors (Lipinski definition) is 0. The molecule has 5 saturated carbocycles. The van der Waals surface area contributed by atoms with Crippen molar-refractivity contribution in [1.82, 2.24) is 0 Å². The molecule has 0 heterocycles. The van der Waals surface area contributed by atoms with Crippen LogP contribution >= 0.6 is 0 Å². The fourth-order valence-electron chi connectivity index (χ4n) is 12.9. The van der Waals surface area contributed by atoms with Crippen LogP contribution in [0.2, 0.25) is 0 Å². The molecule has 0 N–H and O–H groups in total. The minimum absolute atomic E-state index is 0.558. The average molecular weight is 469 g/mol. The van der Waals surface area contributed by atoms with E-state index in [9.17, 15) is 0 Å². The zero-order valence-electron chi connectivity index (χ0n) is 24.6. The van der Waals surface area contributed by atoms with Crippen LogP contribution in [0.1, 0.15) is 152 Å². The Kier molecular flexibility index (Phi) is 6.42. The van der Waals surface area contributed by atoms with Crippen molar-refractivity contribution in [3.63, 3.8) is 0 Å². The van der Waals surface area contributed by atoms with Crippen molar-refractivity contribution < 1.29 is 0 Å². The molecular weight excluding hydrogens is 408 g/mol. The normalized spacial score (nSPS) is 52.8. The number of rotatable bonds is 5. The van der Waals surface area contributed by atoms with E-state index in [0.29, 0.717) is 27.1 Å². The van der Waals surface area contributed by atoms with Crippen LogP contribution in [0.5, 0.6) is 0 Å². The molecule has 0 spiro atoms. The summed E-state index contributed by atoms with van der Waals surface area (Å²) in [7, 11) is 0. The van der Waals surface area contributed by atoms with Crippen molar-refractivity contribution in [2.45, 2.75) is 152 Å². The van der Waals surface area contributed by atoms with Gasteiger partial charge in [-0.05, 0) is 127 Å². The Morgan fingerprint density at radius 2 is 1.29 bits per heavy atom. The minimum Gasteiger partial charge on any atom is -0.0654 e. The van der Waals surface area contributed by atoms with Gasteiger partial charge >= 0.3 is 0 Å². The van der Waals surface area contributed by atoms with Gasteiger partial charge in [-0.25, -0.2) is 0 Å². The van der Waals surface area contributed by atoms with Crippen LogP contribution in [0.15, 0.2) is 0 Å². The molecular formula is C34H60. The third kappa shape index (κ3) is 3.41. The minimum atomic E-state index is 0.558.